The van der Waals surface area contributed by atoms with Gasteiger partial charge in [-0.05, 0) is 313 Å². The van der Waals surface area contributed by atoms with E-state index < -0.39 is 0 Å². The average molecular weight is 1900 g/mol. The third kappa shape index (κ3) is 18.0. The second kappa shape index (κ2) is 41.7. The van der Waals surface area contributed by atoms with E-state index in [0.717, 1.165) is 0 Å². The highest BCUT2D eigenvalue weighted by molar-refractivity contribution is 6.28. The molecule has 0 N–H and O–H groups in total. The van der Waals surface area contributed by atoms with Crippen molar-refractivity contribution >= 4 is 64.6 Å². The van der Waals surface area contributed by atoms with Crippen molar-refractivity contribution in [3.63, 3.8) is 0 Å². The molecule has 0 aliphatic rings. The molecule has 150 heavy (non-hydrogen) atoms. The average Bonchev–Trinajstić information content (AvgIpc) is 0.734. The van der Waals surface area contributed by atoms with Gasteiger partial charge in [-0.15, -0.1) is 0 Å². The Balaban J connectivity index is 0.000000116. The van der Waals surface area contributed by atoms with Crippen LogP contribution in [-0.2, 0) is 0 Å². The summed E-state index contributed by atoms with van der Waals surface area (Å²) in [5.41, 5.74) is 44.1. The summed E-state index contributed by atoms with van der Waals surface area (Å²) in [5, 5.41) is 14.9. The molecule has 0 amide bonds. The summed E-state index contributed by atoms with van der Waals surface area (Å²) in [6, 6.07) is 225. The summed E-state index contributed by atoms with van der Waals surface area (Å²) in [5.74, 6) is 0. The van der Waals surface area contributed by atoms with E-state index in [4.69, 9.17) is 0 Å². The molecule has 0 atom stereocenters. The SMILES string of the molecule is c1ccc(-c2cc(-c3ccccc3)cc(-c3c4ccccc4c(-c4cc(-c5ccccc5)cc(-c5ccccc5)c4)c4ccccc34)c2)cc1.c1ccc(-c2ccc(-c3ccccc3)c(-c3c4ccccc4c(-c4cc(-c5ccccc5)ccc4-c4ccccc4)c4ccccc34)c2)cc1.c1ccc(-c2cccc(-c3ccccc3)c2-c2c3ccccc3c(-c3c(-c4ccccc4)cccc3-c3ccccc3)c3ccccc23)cc1. The Hall–Kier alpha value is -19.5. The van der Waals surface area contributed by atoms with Gasteiger partial charge < -0.3 is 0 Å². The van der Waals surface area contributed by atoms with E-state index >= 15 is 0 Å². The molecule has 0 aliphatic carbocycles. The molecule has 0 bridgehead atoms. The summed E-state index contributed by atoms with van der Waals surface area (Å²) in [7, 11) is 0. The van der Waals surface area contributed by atoms with Crippen molar-refractivity contribution in [3.05, 3.63) is 619 Å². The van der Waals surface area contributed by atoms with Crippen LogP contribution < -0.4 is 0 Å². The molecule has 0 unspecified atom stereocenters. The zero-order chi connectivity index (χ0) is 99.8. The Morgan fingerprint density at radius 3 is 0.413 bits per heavy atom. The summed E-state index contributed by atoms with van der Waals surface area (Å²) >= 11 is 0. The molecule has 0 nitrogen and oxygen atoms in total. The predicted octanol–water partition coefficient (Wildman–Crippen LogP) is 42.0. The molecule has 0 radical (unpaired) electrons. The molecule has 0 aliphatic heterocycles. The molecule has 27 rings (SSSR count). The second-order valence-corrected chi connectivity index (χ2v) is 38.5. The van der Waals surface area contributed by atoms with E-state index in [9.17, 15) is 0 Å². The molecule has 0 heteroatoms. The van der Waals surface area contributed by atoms with Crippen LogP contribution in [0.25, 0.3) is 265 Å². The largest absolute Gasteiger partial charge is 0.0622 e. The van der Waals surface area contributed by atoms with Crippen molar-refractivity contribution in [2.75, 3.05) is 0 Å². The van der Waals surface area contributed by atoms with Crippen LogP contribution in [0.4, 0.5) is 0 Å². The Bertz CT molecular complexity index is 8620. The lowest BCUT2D eigenvalue weighted by molar-refractivity contribution is 1.57. The number of hydrogen-bond donors (Lipinski definition) is 0. The molecule has 0 saturated heterocycles. The lowest BCUT2D eigenvalue weighted by atomic mass is 9.78. The van der Waals surface area contributed by atoms with E-state index in [0.29, 0.717) is 0 Å². The van der Waals surface area contributed by atoms with Crippen molar-refractivity contribution in [1.82, 2.24) is 0 Å². The Kier molecular flexibility index (Phi) is 25.5. The van der Waals surface area contributed by atoms with Crippen LogP contribution in [0.15, 0.2) is 619 Å². The maximum absolute atomic E-state index is 2.40. The van der Waals surface area contributed by atoms with Gasteiger partial charge in [0.2, 0.25) is 0 Å². The van der Waals surface area contributed by atoms with Crippen LogP contribution in [0.1, 0.15) is 0 Å². The molecular formula is C150H102. The number of benzene rings is 27. The first-order valence-electron chi connectivity index (χ1n) is 51.8. The molecular weight excluding hydrogens is 1800 g/mol. The fourth-order valence-electron chi connectivity index (χ4n) is 22.8. The van der Waals surface area contributed by atoms with Crippen LogP contribution in [0.5, 0.6) is 0 Å². The van der Waals surface area contributed by atoms with Crippen molar-refractivity contribution in [2.24, 2.45) is 0 Å². The Morgan fingerprint density at radius 1 is 0.0600 bits per heavy atom. The number of hydrogen-bond acceptors (Lipinski definition) is 0. The van der Waals surface area contributed by atoms with Gasteiger partial charge in [0.15, 0.2) is 0 Å². The third-order valence-corrected chi connectivity index (χ3v) is 29.6. The van der Waals surface area contributed by atoms with Crippen molar-refractivity contribution in [3.8, 4) is 200 Å². The standard InChI is InChI=1S/3C50H34/c1-5-19-35(20-6-1)39-31-17-32-40(36-21-7-2-8-22-36)47(39)49-43-27-13-15-29-45(43)50(46-30-16-14-28-44(46)49)48-41(37-23-9-3-10-24-37)33-18-34-42(48)38-25-11-4-12-26-38;1-5-17-35(18-6-1)39-29-40(36-19-7-2-8-20-36)32-43(31-39)49-45-25-13-15-27-47(45)50(48-28-16-14-26-46(48)49)44-33-41(37-21-9-3-10-22-37)30-42(34-44)38-23-11-4-12-24-38;1-5-17-35(18-6-1)39-29-31-41(37-21-9-3-10-22-37)47(33-39)49-43-25-13-15-27-45(43)50(46-28-16-14-26-44(46)49)48-34-40(36-19-7-2-8-20-36)30-32-42(48)38-23-11-4-12-24-38/h3*1-34H. The van der Waals surface area contributed by atoms with Crippen molar-refractivity contribution in [2.45, 2.75) is 0 Å². The van der Waals surface area contributed by atoms with Crippen LogP contribution in [0.2, 0.25) is 0 Å². The number of rotatable bonds is 18. The monoisotopic (exact) mass is 1900 g/mol. The maximum atomic E-state index is 2.40. The van der Waals surface area contributed by atoms with Crippen LogP contribution in [0, 0.1) is 0 Å². The first-order valence-corrected chi connectivity index (χ1v) is 51.8. The maximum Gasteiger partial charge on any atom is -0.00139 e. The van der Waals surface area contributed by atoms with Gasteiger partial charge in [0.25, 0.3) is 0 Å². The van der Waals surface area contributed by atoms with Gasteiger partial charge in [0.1, 0.15) is 0 Å². The molecule has 27 aromatic carbocycles. The summed E-state index contributed by atoms with van der Waals surface area (Å²) in [6.45, 7) is 0. The fraction of sp³-hybridized carbons (Fsp3) is 0. The minimum absolute atomic E-state index is 1.21. The van der Waals surface area contributed by atoms with E-state index in [1.165, 1.54) is 265 Å². The molecule has 0 spiro atoms. The summed E-state index contributed by atoms with van der Waals surface area (Å²) in [4.78, 5) is 0. The first kappa shape index (κ1) is 91.7. The third-order valence-electron chi connectivity index (χ3n) is 29.6. The van der Waals surface area contributed by atoms with E-state index in [-0.39, 0.29) is 0 Å². The normalized spacial score (nSPS) is 11.2. The quantitative estimate of drug-likeness (QED) is 0.0751. The smallest absolute Gasteiger partial charge is 0.00139 e. The predicted molar refractivity (Wildman–Crippen MR) is 642 cm³/mol. The molecule has 0 aromatic heterocycles. The Morgan fingerprint density at radius 2 is 0.213 bits per heavy atom. The zero-order valence-corrected chi connectivity index (χ0v) is 82.9. The van der Waals surface area contributed by atoms with Crippen LogP contribution in [-0.4, -0.2) is 0 Å². The van der Waals surface area contributed by atoms with Gasteiger partial charge >= 0.3 is 0 Å². The van der Waals surface area contributed by atoms with Gasteiger partial charge in [-0.2, -0.15) is 0 Å². The number of fused-ring (bicyclic) bond motifs is 6. The Labute approximate surface area is 877 Å². The highest BCUT2D eigenvalue weighted by Gasteiger charge is 2.29. The molecule has 0 heterocycles. The van der Waals surface area contributed by atoms with Gasteiger partial charge in [-0.3, -0.25) is 0 Å². The second-order valence-electron chi connectivity index (χ2n) is 38.5. The van der Waals surface area contributed by atoms with Crippen LogP contribution in [0.3, 0.4) is 0 Å². The molecule has 0 saturated carbocycles. The van der Waals surface area contributed by atoms with E-state index in [2.05, 4.69) is 619 Å². The highest BCUT2D eigenvalue weighted by Crippen LogP contribution is 2.56. The lowest BCUT2D eigenvalue weighted by Crippen LogP contribution is -1.97. The van der Waals surface area contributed by atoms with E-state index in [1.807, 2.05) is 0 Å². The van der Waals surface area contributed by atoms with Crippen LogP contribution >= 0.6 is 0 Å². The van der Waals surface area contributed by atoms with Gasteiger partial charge in [0.05, 0.1) is 0 Å². The summed E-state index contributed by atoms with van der Waals surface area (Å²) in [6.07, 6.45) is 0. The van der Waals surface area contributed by atoms with Gasteiger partial charge in [0, 0.05) is 0 Å². The minimum atomic E-state index is 1.21. The van der Waals surface area contributed by atoms with Crippen molar-refractivity contribution in [1.29, 1.82) is 0 Å². The minimum Gasteiger partial charge on any atom is -0.0622 e. The molecule has 702 valence electrons. The van der Waals surface area contributed by atoms with Crippen molar-refractivity contribution < 1.29 is 0 Å². The van der Waals surface area contributed by atoms with E-state index in [1.54, 1.807) is 0 Å². The fourth-order valence-corrected chi connectivity index (χ4v) is 22.8. The zero-order valence-electron chi connectivity index (χ0n) is 82.9. The van der Waals surface area contributed by atoms with Gasteiger partial charge in [-0.1, -0.05) is 570 Å². The highest BCUT2D eigenvalue weighted by atomic mass is 14.3. The topological polar surface area (TPSA) is 0 Å². The first-order chi connectivity index (χ1) is 74.5. The summed E-state index contributed by atoms with van der Waals surface area (Å²) < 4.78 is 0. The lowest BCUT2D eigenvalue weighted by Gasteiger charge is -2.24. The molecule has 0 fully saturated rings. The van der Waals surface area contributed by atoms with Gasteiger partial charge in [-0.25, -0.2) is 0 Å². The molecule has 27 aromatic rings.